The molecule has 134 valence electrons. The number of thioether (sulfide) groups is 1. The molecule has 0 saturated heterocycles. The first-order valence-corrected chi connectivity index (χ1v) is 9.26. The third-order valence-electron chi connectivity index (χ3n) is 4.21. The van der Waals surface area contributed by atoms with Crippen LogP contribution in [0.2, 0.25) is 0 Å². The van der Waals surface area contributed by atoms with Crippen molar-refractivity contribution in [1.29, 1.82) is 0 Å². The first-order valence-electron chi connectivity index (χ1n) is 8.27. The number of rotatable bonds is 6. The molecule has 0 fully saturated rings. The summed E-state index contributed by atoms with van der Waals surface area (Å²) in [6, 6.07) is 13.6. The number of methoxy groups -OCH3 is 1. The monoisotopic (exact) mass is 367 g/mol. The molecule has 0 aliphatic carbocycles. The lowest BCUT2D eigenvalue weighted by Gasteiger charge is -2.08. The van der Waals surface area contributed by atoms with Crippen LogP contribution in [0.25, 0.3) is 11.4 Å². The van der Waals surface area contributed by atoms with Crippen molar-refractivity contribution in [3.8, 4) is 17.1 Å². The maximum Gasteiger partial charge on any atom is 0.191 e. The summed E-state index contributed by atoms with van der Waals surface area (Å²) in [7, 11) is 3.53. The van der Waals surface area contributed by atoms with E-state index in [1.165, 1.54) is 11.8 Å². The van der Waals surface area contributed by atoms with Crippen molar-refractivity contribution >= 4 is 17.5 Å². The van der Waals surface area contributed by atoms with Crippen LogP contribution in [0.15, 0.2) is 47.6 Å². The highest BCUT2D eigenvalue weighted by molar-refractivity contribution is 7.99. The van der Waals surface area contributed by atoms with Gasteiger partial charge in [-0.05, 0) is 37.6 Å². The topological polar surface area (TPSA) is 57.0 Å². The van der Waals surface area contributed by atoms with E-state index in [9.17, 15) is 4.79 Å². The molecule has 0 atom stereocenters. The first-order chi connectivity index (χ1) is 12.5. The van der Waals surface area contributed by atoms with Gasteiger partial charge in [-0.25, -0.2) is 0 Å². The Bertz CT molecular complexity index is 950. The number of hydrogen-bond donors (Lipinski definition) is 0. The van der Waals surface area contributed by atoms with Gasteiger partial charge in [-0.3, -0.25) is 4.79 Å². The highest BCUT2D eigenvalue weighted by Crippen LogP contribution is 2.30. The van der Waals surface area contributed by atoms with Gasteiger partial charge in [-0.15, -0.1) is 10.2 Å². The van der Waals surface area contributed by atoms with Crippen LogP contribution in [0, 0.1) is 13.8 Å². The molecule has 26 heavy (non-hydrogen) atoms. The Kier molecular flexibility index (Phi) is 5.42. The second-order valence-electron chi connectivity index (χ2n) is 6.10. The van der Waals surface area contributed by atoms with E-state index in [1.54, 1.807) is 7.11 Å². The molecule has 0 saturated carbocycles. The number of carbonyl (C=O) groups excluding carboxylic acids is 1. The third kappa shape index (κ3) is 3.65. The zero-order valence-electron chi connectivity index (χ0n) is 15.3. The molecule has 1 heterocycles. The predicted octanol–water partition coefficient (Wildman–Crippen LogP) is 4.08. The zero-order valence-corrected chi connectivity index (χ0v) is 16.1. The minimum Gasteiger partial charge on any atom is -0.496 e. The van der Waals surface area contributed by atoms with Crippen LogP contribution in [-0.2, 0) is 7.05 Å². The van der Waals surface area contributed by atoms with Gasteiger partial charge < -0.3 is 9.30 Å². The molecule has 0 N–H and O–H groups in total. The molecule has 0 aliphatic rings. The van der Waals surface area contributed by atoms with E-state index in [2.05, 4.69) is 10.2 Å². The van der Waals surface area contributed by atoms with Crippen molar-refractivity contribution in [2.24, 2.45) is 7.05 Å². The number of para-hydroxylation sites is 1. The molecule has 2 aromatic carbocycles. The van der Waals surface area contributed by atoms with Crippen molar-refractivity contribution in [3.63, 3.8) is 0 Å². The Morgan fingerprint density at radius 1 is 1.15 bits per heavy atom. The minimum absolute atomic E-state index is 0.0954. The van der Waals surface area contributed by atoms with Crippen LogP contribution in [0.5, 0.6) is 5.75 Å². The Hall–Kier alpha value is -2.60. The fourth-order valence-electron chi connectivity index (χ4n) is 2.75. The van der Waals surface area contributed by atoms with E-state index < -0.39 is 0 Å². The lowest BCUT2D eigenvalue weighted by atomic mass is 10.0. The van der Waals surface area contributed by atoms with Crippen LogP contribution in [0.3, 0.4) is 0 Å². The average molecular weight is 367 g/mol. The number of hydrogen-bond acceptors (Lipinski definition) is 5. The second kappa shape index (κ2) is 7.74. The molecular formula is C20H21N3O2S. The molecule has 0 bridgehead atoms. The van der Waals surface area contributed by atoms with Crippen molar-refractivity contribution in [1.82, 2.24) is 14.8 Å². The first kappa shape index (κ1) is 18.2. The van der Waals surface area contributed by atoms with Crippen molar-refractivity contribution in [3.05, 3.63) is 59.2 Å². The minimum atomic E-state index is 0.0954. The number of benzene rings is 2. The molecule has 1 aromatic heterocycles. The summed E-state index contributed by atoms with van der Waals surface area (Å²) in [5, 5.41) is 9.22. The number of carbonyl (C=O) groups is 1. The van der Waals surface area contributed by atoms with Crippen LogP contribution in [-0.4, -0.2) is 33.4 Å². The summed E-state index contributed by atoms with van der Waals surface area (Å²) in [6.07, 6.45) is 0. The Morgan fingerprint density at radius 3 is 2.69 bits per heavy atom. The normalized spacial score (nSPS) is 10.8. The van der Waals surface area contributed by atoms with Crippen molar-refractivity contribution in [2.45, 2.75) is 19.0 Å². The molecule has 0 spiro atoms. The maximum atomic E-state index is 12.6. The Morgan fingerprint density at radius 2 is 1.92 bits per heavy atom. The van der Waals surface area contributed by atoms with Gasteiger partial charge in [0.2, 0.25) is 0 Å². The number of Topliss-reactive ketones (excluding diaryl/α,β-unsaturated/α-hetero) is 1. The van der Waals surface area contributed by atoms with Crippen molar-refractivity contribution in [2.75, 3.05) is 12.9 Å². The van der Waals surface area contributed by atoms with Crippen LogP contribution >= 0.6 is 11.8 Å². The Balaban J connectivity index is 1.79. The fraction of sp³-hybridized carbons (Fsp3) is 0.250. The van der Waals surface area contributed by atoms with Gasteiger partial charge in [0.15, 0.2) is 16.8 Å². The van der Waals surface area contributed by atoms with Gasteiger partial charge in [0, 0.05) is 12.6 Å². The van der Waals surface area contributed by atoms with E-state index in [4.69, 9.17) is 4.74 Å². The largest absolute Gasteiger partial charge is 0.496 e. The number of ether oxygens (including phenoxy) is 1. The van der Waals surface area contributed by atoms with Crippen LogP contribution in [0.4, 0.5) is 0 Å². The highest BCUT2D eigenvalue weighted by Gasteiger charge is 2.17. The SMILES string of the molecule is COc1ccccc1-c1nnc(SCC(=O)c2cc(C)ccc2C)n1C. The molecule has 0 amide bonds. The van der Waals surface area contributed by atoms with E-state index in [0.717, 1.165) is 28.0 Å². The summed E-state index contributed by atoms with van der Waals surface area (Å²) in [6.45, 7) is 3.95. The summed E-state index contributed by atoms with van der Waals surface area (Å²) >= 11 is 1.39. The average Bonchev–Trinajstić information content (AvgIpc) is 3.02. The predicted molar refractivity (Wildman–Crippen MR) is 104 cm³/mol. The molecular weight excluding hydrogens is 346 g/mol. The number of aromatic nitrogens is 3. The number of ketones is 1. The van der Waals surface area contributed by atoms with Gasteiger partial charge in [-0.1, -0.05) is 41.6 Å². The van der Waals surface area contributed by atoms with Gasteiger partial charge in [0.25, 0.3) is 0 Å². The van der Waals surface area contributed by atoms with Gasteiger partial charge in [-0.2, -0.15) is 0 Å². The molecule has 5 nitrogen and oxygen atoms in total. The van der Waals surface area contributed by atoms with E-state index >= 15 is 0 Å². The fourth-order valence-corrected chi connectivity index (χ4v) is 3.54. The zero-order chi connectivity index (χ0) is 18.7. The van der Waals surface area contributed by atoms with E-state index in [0.29, 0.717) is 16.7 Å². The molecule has 0 radical (unpaired) electrons. The van der Waals surface area contributed by atoms with Gasteiger partial charge in [0.1, 0.15) is 5.75 Å². The molecule has 3 aromatic rings. The number of aryl methyl sites for hydroxylation is 2. The van der Waals surface area contributed by atoms with Gasteiger partial charge >= 0.3 is 0 Å². The van der Waals surface area contributed by atoms with Gasteiger partial charge in [0.05, 0.1) is 18.4 Å². The maximum absolute atomic E-state index is 12.6. The molecule has 6 heteroatoms. The van der Waals surface area contributed by atoms with E-state index in [1.807, 2.05) is 67.9 Å². The quantitative estimate of drug-likeness (QED) is 0.485. The molecule has 0 unspecified atom stereocenters. The smallest absolute Gasteiger partial charge is 0.191 e. The summed E-state index contributed by atoms with van der Waals surface area (Å²) in [5.41, 5.74) is 3.72. The van der Waals surface area contributed by atoms with E-state index in [-0.39, 0.29) is 5.78 Å². The van der Waals surface area contributed by atoms with Crippen LogP contribution < -0.4 is 4.74 Å². The molecule has 0 aliphatic heterocycles. The standard InChI is InChI=1S/C20H21N3O2S/c1-13-9-10-14(2)16(11-13)17(24)12-26-20-22-21-19(23(20)3)15-7-5-6-8-18(15)25-4/h5-11H,12H2,1-4H3. The summed E-state index contributed by atoms with van der Waals surface area (Å²) in [4.78, 5) is 12.6. The highest BCUT2D eigenvalue weighted by atomic mass is 32.2. The Labute approximate surface area is 157 Å². The van der Waals surface area contributed by atoms with Crippen LogP contribution in [0.1, 0.15) is 21.5 Å². The third-order valence-corrected chi connectivity index (χ3v) is 5.23. The second-order valence-corrected chi connectivity index (χ2v) is 7.04. The molecule has 3 rings (SSSR count). The lowest BCUT2D eigenvalue weighted by molar-refractivity contribution is 0.102. The summed E-state index contributed by atoms with van der Waals surface area (Å²) < 4.78 is 7.29. The lowest BCUT2D eigenvalue weighted by Crippen LogP contribution is -2.06. The summed E-state index contributed by atoms with van der Waals surface area (Å²) in [5.74, 6) is 1.87. The van der Waals surface area contributed by atoms with Crippen molar-refractivity contribution < 1.29 is 9.53 Å². The number of nitrogens with zero attached hydrogens (tertiary/aromatic N) is 3.